The number of carbonyl (C=O) groups is 2. The number of amides is 2. The van der Waals surface area contributed by atoms with Crippen LogP contribution in [0.3, 0.4) is 0 Å². The highest BCUT2D eigenvalue weighted by molar-refractivity contribution is 5.96. The molecule has 3 rings (SSSR count). The Morgan fingerprint density at radius 2 is 1.77 bits per heavy atom. The van der Waals surface area contributed by atoms with E-state index in [0.29, 0.717) is 6.42 Å². The van der Waals surface area contributed by atoms with Crippen LogP contribution in [0.1, 0.15) is 11.1 Å². The van der Waals surface area contributed by atoms with Crippen LogP contribution >= 0.6 is 0 Å². The van der Waals surface area contributed by atoms with Crippen molar-refractivity contribution in [3.8, 4) is 0 Å². The third-order valence-electron chi connectivity index (χ3n) is 4.26. The van der Waals surface area contributed by atoms with Crippen molar-refractivity contribution in [2.75, 3.05) is 6.61 Å². The molecule has 0 N–H and O–H groups in total. The number of benzene rings is 2. The summed E-state index contributed by atoms with van der Waals surface area (Å²) in [5.74, 6) is -0.532. The molecule has 26 heavy (non-hydrogen) atoms. The Balaban J connectivity index is 1.79. The predicted molar refractivity (Wildman–Crippen MR) is 95.2 cm³/mol. The van der Waals surface area contributed by atoms with Gasteiger partial charge in [-0.2, -0.15) is 0 Å². The maximum Gasteiger partial charge on any atom is 0.416 e. The van der Waals surface area contributed by atoms with Gasteiger partial charge in [-0.1, -0.05) is 65.8 Å². The van der Waals surface area contributed by atoms with Crippen molar-refractivity contribution >= 4 is 12.0 Å². The molecule has 2 aromatic carbocycles. The monoisotopic (exact) mass is 350 g/mol. The molecule has 132 valence electrons. The summed E-state index contributed by atoms with van der Waals surface area (Å²) in [5, 5.41) is 3.62. The number of hydrogen-bond acceptors (Lipinski definition) is 4. The molecule has 7 heteroatoms. The highest BCUT2D eigenvalue weighted by Crippen LogP contribution is 2.20. The minimum absolute atomic E-state index is 0.133. The van der Waals surface area contributed by atoms with Crippen LogP contribution < -0.4 is 0 Å². The average Bonchev–Trinajstić information content (AvgIpc) is 3.02. The molecule has 1 aliphatic heterocycles. The molecule has 1 saturated heterocycles. The quantitative estimate of drug-likeness (QED) is 0.453. The zero-order valence-electron chi connectivity index (χ0n) is 14.1. The molecular formula is C19H18N4O3. The average molecular weight is 350 g/mol. The summed E-state index contributed by atoms with van der Waals surface area (Å²) in [5.41, 5.74) is 10.7. The minimum Gasteiger partial charge on any atom is -0.447 e. The van der Waals surface area contributed by atoms with Crippen molar-refractivity contribution in [3.63, 3.8) is 0 Å². The molecule has 7 nitrogen and oxygen atoms in total. The lowest BCUT2D eigenvalue weighted by molar-refractivity contribution is -0.130. The standard InChI is InChI=1S/C19H18N4O3/c20-22-21-17(12-15-9-5-2-6-10-15)18(24)23-16(13-26-19(23)25)11-14-7-3-1-4-8-14/h1-10,16-17H,11-13H2/t16-,17-/m0/s1. The van der Waals surface area contributed by atoms with Gasteiger partial charge in [0.2, 0.25) is 5.91 Å². The fourth-order valence-electron chi connectivity index (χ4n) is 3.00. The Morgan fingerprint density at radius 1 is 1.15 bits per heavy atom. The third-order valence-corrected chi connectivity index (χ3v) is 4.26. The number of azide groups is 1. The van der Waals surface area contributed by atoms with E-state index in [1.807, 2.05) is 60.7 Å². The first-order valence-electron chi connectivity index (χ1n) is 8.31. The number of hydrogen-bond donors (Lipinski definition) is 0. The van der Waals surface area contributed by atoms with E-state index in [1.54, 1.807) is 0 Å². The van der Waals surface area contributed by atoms with Gasteiger partial charge in [0.15, 0.2) is 0 Å². The topological polar surface area (TPSA) is 95.4 Å². The molecule has 2 atom stereocenters. The molecule has 0 saturated carbocycles. The summed E-state index contributed by atoms with van der Waals surface area (Å²) in [6, 6.07) is 17.4. The first-order chi connectivity index (χ1) is 12.7. The van der Waals surface area contributed by atoms with E-state index in [1.165, 1.54) is 0 Å². The van der Waals surface area contributed by atoms with Crippen molar-refractivity contribution in [2.45, 2.75) is 24.9 Å². The van der Waals surface area contributed by atoms with Crippen LogP contribution in [0.15, 0.2) is 65.8 Å². The van der Waals surface area contributed by atoms with Gasteiger partial charge in [-0.05, 0) is 29.5 Å². The van der Waals surface area contributed by atoms with Crippen molar-refractivity contribution in [1.29, 1.82) is 0 Å². The number of cyclic esters (lactones) is 1. The molecular weight excluding hydrogens is 332 g/mol. The minimum atomic E-state index is -0.994. The highest BCUT2D eigenvalue weighted by atomic mass is 16.6. The molecule has 1 fully saturated rings. The van der Waals surface area contributed by atoms with Crippen molar-refractivity contribution in [1.82, 2.24) is 4.90 Å². The number of imide groups is 1. The molecule has 0 spiro atoms. The van der Waals surface area contributed by atoms with Gasteiger partial charge in [0.25, 0.3) is 0 Å². The van der Waals surface area contributed by atoms with E-state index < -0.39 is 24.1 Å². The lowest BCUT2D eigenvalue weighted by Crippen LogP contribution is -2.45. The molecule has 0 radical (unpaired) electrons. The van der Waals surface area contributed by atoms with Gasteiger partial charge < -0.3 is 4.74 Å². The van der Waals surface area contributed by atoms with Crippen LogP contribution in [0.2, 0.25) is 0 Å². The zero-order chi connectivity index (χ0) is 18.4. The Morgan fingerprint density at radius 3 is 2.38 bits per heavy atom. The van der Waals surface area contributed by atoms with Crippen molar-refractivity contribution in [3.05, 3.63) is 82.2 Å². The maximum absolute atomic E-state index is 12.9. The van der Waals surface area contributed by atoms with Gasteiger partial charge in [-0.15, -0.1) is 0 Å². The first-order valence-corrected chi connectivity index (χ1v) is 8.31. The summed E-state index contributed by atoms with van der Waals surface area (Å²) in [7, 11) is 0. The Kier molecular flexibility index (Phi) is 5.51. The largest absolute Gasteiger partial charge is 0.447 e. The normalized spacial score (nSPS) is 17.3. The molecule has 0 aromatic heterocycles. The molecule has 0 bridgehead atoms. The van der Waals surface area contributed by atoms with E-state index in [-0.39, 0.29) is 13.0 Å². The number of carbonyl (C=O) groups excluding carboxylic acids is 2. The molecule has 2 aromatic rings. The SMILES string of the molecule is [N-]=[N+]=N[C@@H](Cc1ccccc1)C(=O)N1C(=O)OC[C@@H]1Cc1ccccc1. The second kappa shape index (κ2) is 8.18. The molecule has 1 heterocycles. The van der Waals surface area contributed by atoms with Gasteiger partial charge in [0.05, 0.1) is 6.04 Å². The fraction of sp³-hybridized carbons (Fsp3) is 0.263. The van der Waals surface area contributed by atoms with Crippen molar-refractivity contribution in [2.24, 2.45) is 5.11 Å². The van der Waals surface area contributed by atoms with Gasteiger partial charge in [0.1, 0.15) is 12.6 Å². The lowest BCUT2D eigenvalue weighted by atomic mass is 10.0. The second-order valence-corrected chi connectivity index (χ2v) is 6.04. The van der Waals surface area contributed by atoms with Crippen LogP contribution in [0.5, 0.6) is 0 Å². The Labute approximate surface area is 150 Å². The van der Waals surface area contributed by atoms with Gasteiger partial charge in [0, 0.05) is 4.91 Å². The molecule has 1 aliphatic rings. The number of ether oxygens (including phenoxy) is 1. The highest BCUT2D eigenvalue weighted by Gasteiger charge is 2.40. The lowest BCUT2D eigenvalue weighted by Gasteiger charge is -2.22. The van der Waals surface area contributed by atoms with Crippen LogP contribution in [0, 0.1) is 0 Å². The summed E-state index contributed by atoms with van der Waals surface area (Å²) in [6.45, 7) is 0.133. The molecule has 0 aliphatic carbocycles. The molecule has 0 unspecified atom stereocenters. The van der Waals surface area contributed by atoms with Crippen LogP contribution in [0.25, 0.3) is 10.4 Å². The summed E-state index contributed by atoms with van der Waals surface area (Å²) in [6.07, 6.45) is 0.0280. The first kappa shape index (κ1) is 17.5. The second-order valence-electron chi connectivity index (χ2n) is 6.04. The summed E-state index contributed by atoms with van der Waals surface area (Å²) < 4.78 is 5.08. The van der Waals surface area contributed by atoms with E-state index in [9.17, 15) is 9.59 Å². The summed E-state index contributed by atoms with van der Waals surface area (Å²) in [4.78, 5) is 28.9. The van der Waals surface area contributed by atoms with Crippen LogP contribution in [0.4, 0.5) is 4.79 Å². The van der Waals surface area contributed by atoms with E-state index in [4.69, 9.17) is 10.3 Å². The van der Waals surface area contributed by atoms with E-state index in [0.717, 1.165) is 16.0 Å². The van der Waals surface area contributed by atoms with Crippen LogP contribution in [-0.4, -0.2) is 35.6 Å². The Hall–Kier alpha value is -3.31. The van der Waals surface area contributed by atoms with E-state index in [2.05, 4.69) is 10.0 Å². The maximum atomic E-state index is 12.9. The Bertz CT molecular complexity index is 819. The van der Waals surface area contributed by atoms with E-state index >= 15 is 0 Å². The molecule has 2 amide bonds. The van der Waals surface area contributed by atoms with Crippen molar-refractivity contribution < 1.29 is 14.3 Å². The van der Waals surface area contributed by atoms with Gasteiger partial charge in [-0.25, -0.2) is 9.69 Å². The smallest absolute Gasteiger partial charge is 0.416 e. The van der Waals surface area contributed by atoms with Crippen LogP contribution in [-0.2, 0) is 22.4 Å². The van der Waals surface area contributed by atoms with Gasteiger partial charge >= 0.3 is 6.09 Å². The summed E-state index contributed by atoms with van der Waals surface area (Å²) >= 11 is 0. The third kappa shape index (κ3) is 4.02. The number of rotatable bonds is 6. The number of nitrogens with zero attached hydrogens (tertiary/aromatic N) is 4. The zero-order valence-corrected chi connectivity index (χ0v) is 14.1. The predicted octanol–water partition coefficient (Wildman–Crippen LogP) is 3.50. The van der Waals surface area contributed by atoms with Gasteiger partial charge in [-0.3, -0.25) is 4.79 Å². The fourth-order valence-corrected chi connectivity index (χ4v) is 3.00.